The number of hydrogen-bond acceptors (Lipinski definition) is 3. The first-order valence-electron chi connectivity index (χ1n) is 4.97. The molecule has 2 N–H and O–H groups in total. The zero-order valence-corrected chi connectivity index (χ0v) is 8.86. The van der Waals surface area contributed by atoms with Crippen molar-refractivity contribution in [2.24, 2.45) is 5.73 Å². The molecule has 5 heteroatoms. The molecule has 0 saturated carbocycles. The molecule has 0 unspecified atom stereocenters. The molecular formula is C12H10F2N2O. The summed E-state index contributed by atoms with van der Waals surface area (Å²) in [5, 5.41) is 0. The first-order valence-corrected chi connectivity index (χ1v) is 4.97. The first kappa shape index (κ1) is 11.5. The van der Waals surface area contributed by atoms with E-state index in [1.54, 1.807) is 18.2 Å². The second-order valence-electron chi connectivity index (χ2n) is 3.39. The van der Waals surface area contributed by atoms with Gasteiger partial charge in [-0.3, -0.25) is 0 Å². The van der Waals surface area contributed by atoms with Crippen molar-refractivity contribution in [3.63, 3.8) is 0 Å². The van der Waals surface area contributed by atoms with Crippen molar-refractivity contribution in [2.45, 2.75) is 6.54 Å². The Morgan fingerprint density at radius 1 is 1.24 bits per heavy atom. The molecule has 0 aliphatic carbocycles. The predicted octanol–water partition coefficient (Wildman–Crippen LogP) is 2.61. The Bertz CT molecular complexity index is 532. The van der Waals surface area contributed by atoms with Crippen molar-refractivity contribution in [3.05, 3.63) is 53.7 Å². The lowest BCUT2D eigenvalue weighted by atomic mass is 10.2. The minimum absolute atomic E-state index is 0.263. The molecule has 1 heterocycles. The number of pyridine rings is 1. The van der Waals surface area contributed by atoms with Crippen LogP contribution in [0.3, 0.4) is 0 Å². The maximum Gasteiger partial charge on any atom is 0.256 e. The van der Waals surface area contributed by atoms with E-state index in [0.717, 1.165) is 17.8 Å². The van der Waals surface area contributed by atoms with Gasteiger partial charge in [-0.25, -0.2) is 13.8 Å². The SMILES string of the molecule is NCc1cccc(Oc2ncc(F)cc2F)c1. The van der Waals surface area contributed by atoms with Gasteiger partial charge in [0.05, 0.1) is 6.20 Å². The van der Waals surface area contributed by atoms with Gasteiger partial charge in [-0.05, 0) is 17.7 Å². The second-order valence-corrected chi connectivity index (χ2v) is 3.39. The average Bonchev–Trinajstić information content (AvgIpc) is 2.33. The van der Waals surface area contributed by atoms with Gasteiger partial charge in [-0.15, -0.1) is 0 Å². The van der Waals surface area contributed by atoms with E-state index in [1.807, 2.05) is 6.07 Å². The van der Waals surface area contributed by atoms with Gasteiger partial charge in [0.25, 0.3) is 5.88 Å². The van der Waals surface area contributed by atoms with Crippen molar-refractivity contribution in [1.82, 2.24) is 4.98 Å². The predicted molar refractivity (Wildman–Crippen MR) is 58.6 cm³/mol. The van der Waals surface area contributed by atoms with Gasteiger partial charge in [0.2, 0.25) is 0 Å². The van der Waals surface area contributed by atoms with Crippen LogP contribution < -0.4 is 10.5 Å². The van der Waals surface area contributed by atoms with Crippen LogP contribution in [-0.4, -0.2) is 4.98 Å². The summed E-state index contributed by atoms with van der Waals surface area (Å²) in [5.74, 6) is -1.44. The van der Waals surface area contributed by atoms with Crippen LogP contribution in [-0.2, 0) is 6.54 Å². The van der Waals surface area contributed by atoms with Crippen LogP contribution in [0.5, 0.6) is 11.6 Å². The molecule has 0 amide bonds. The molecular weight excluding hydrogens is 226 g/mol. The number of nitrogens with two attached hydrogens (primary N) is 1. The highest BCUT2D eigenvalue weighted by molar-refractivity contribution is 5.31. The lowest BCUT2D eigenvalue weighted by Gasteiger charge is -2.06. The number of ether oxygens (including phenoxy) is 1. The molecule has 2 rings (SSSR count). The summed E-state index contributed by atoms with van der Waals surface area (Å²) in [6.07, 6.45) is 0.894. The van der Waals surface area contributed by atoms with E-state index < -0.39 is 11.6 Å². The second kappa shape index (κ2) is 4.88. The van der Waals surface area contributed by atoms with Crippen molar-refractivity contribution in [2.75, 3.05) is 0 Å². The minimum Gasteiger partial charge on any atom is -0.436 e. The van der Waals surface area contributed by atoms with E-state index >= 15 is 0 Å². The molecule has 0 saturated heterocycles. The van der Waals surface area contributed by atoms with Crippen molar-refractivity contribution < 1.29 is 13.5 Å². The quantitative estimate of drug-likeness (QED) is 0.891. The van der Waals surface area contributed by atoms with Gasteiger partial charge < -0.3 is 10.5 Å². The van der Waals surface area contributed by atoms with E-state index in [1.165, 1.54) is 0 Å². The standard InChI is InChI=1S/C12H10F2N2O/c13-9-5-11(14)12(16-7-9)17-10-3-1-2-8(4-10)6-15/h1-5,7H,6,15H2. The molecule has 88 valence electrons. The van der Waals surface area contributed by atoms with E-state index in [0.29, 0.717) is 12.3 Å². The summed E-state index contributed by atoms with van der Waals surface area (Å²) in [6, 6.07) is 7.59. The van der Waals surface area contributed by atoms with Crippen LogP contribution in [0.2, 0.25) is 0 Å². The van der Waals surface area contributed by atoms with E-state index in [9.17, 15) is 8.78 Å². The summed E-state index contributed by atoms with van der Waals surface area (Å²) in [4.78, 5) is 3.53. The maximum atomic E-state index is 13.3. The highest BCUT2D eigenvalue weighted by Gasteiger charge is 2.07. The van der Waals surface area contributed by atoms with E-state index in [4.69, 9.17) is 10.5 Å². The third kappa shape index (κ3) is 2.76. The van der Waals surface area contributed by atoms with Crippen LogP contribution in [0.4, 0.5) is 8.78 Å². The van der Waals surface area contributed by atoms with E-state index in [2.05, 4.69) is 4.98 Å². The zero-order chi connectivity index (χ0) is 12.3. The van der Waals surface area contributed by atoms with Gasteiger partial charge in [-0.1, -0.05) is 12.1 Å². The molecule has 0 spiro atoms. The highest BCUT2D eigenvalue weighted by atomic mass is 19.1. The van der Waals surface area contributed by atoms with Gasteiger partial charge in [0.1, 0.15) is 11.6 Å². The smallest absolute Gasteiger partial charge is 0.256 e. The van der Waals surface area contributed by atoms with Crippen LogP contribution >= 0.6 is 0 Å². The highest BCUT2D eigenvalue weighted by Crippen LogP contribution is 2.23. The molecule has 0 aliphatic rings. The molecule has 0 bridgehead atoms. The monoisotopic (exact) mass is 236 g/mol. The lowest BCUT2D eigenvalue weighted by Crippen LogP contribution is -1.97. The fraction of sp³-hybridized carbons (Fsp3) is 0.0833. The number of halogens is 2. The Morgan fingerprint density at radius 2 is 2.06 bits per heavy atom. The van der Waals surface area contributed by atoms with Gasteiger partial charge in [0.15, 0.2) is 5.82 Å². The summed E-state index contributed by atoms with van der Waals surface area (Å²) < 4.78 is 31.1. The number of benzene rings is 1. The molecule has 3 nitrogen and oxygen atoms in total. The molecule has 0 radical (unpaired) electrons. The Balaban J connectivity index is 2.25. The fourth-order valence-corrected chi connectivity index (χ4v) is 1.32. The molecule has 0 aliphatic heterocycles. The van der Waals surface area contributed by atoms with Crippen LogP contribution in [0.1, 0.15) is 5.56 Å². The number of nitrogens with zero attached hydrogens (tertiary/aromatic N) is 1. The topological polar surface area (TPSA) is 48.1 Å². The van der Waals surface area contributed by atoms with Gasteiger partial charge in [-0.2, -0.15) is 0 Å². The Morgan fingerprint density at radius 3 is 2.76 bits per heavy atom. The molecule has 0 atom stereocenters. The summed E-state index contributed by atoms with van der Waals surface area (Å²) >= 11 is 0. The fourth-order valence-electron chi connectivity index (χ4n) is 1.32. The van der Waals surface area contributed by atoms with Gasteiger partial charge >= 0.3 is 0 Å². The molecule has 1 aromatic carbocycles. The lowest BCUT2D eigenvalue weighted by molar-refractivity contribution is 0.416. The van der Waals surface area contributed by atoms with Crippen LogP contribution in [0.15, 0.2) is 36.5 Å². The zero-order valence-electron chi connectivity index (χ0n) is 8.86. The number of aromatic nitrogens is 1. The Hall–Kier alpha value is -2.01. The number of rotatable bonds is 3. The third-order valence-electron chi connectivity index (χ3n) is 2.12. The van der Waals surface area contributed by atoms with Crippen LogP contribution in [0.25, 0.3) is 0 Å². The normalized spacial score (nSPS) is 10.3. The van der Waals surface area contributed by atoms with Crippen molar-refractivity contribution in [1.29, 1.82) is 0 Å². The Labute approximate surface area is 96.9 Å². The molecule has 1 aromatic heterocycles. The third-order valence-corrected chi connectivity index (χ3v) is 2.12. The molecule has 2 aromatic rings. The average molecular weight is 236 g/mol. The maximum absolute atomic E-state index is 13.3. The van der Waals surface area contributed by atoms with Crippen LogP contribution in [0, 0.1) is 11.6 Å². The molecule has 0 fully saturated rings. The van der Waals surface area contributed by atoms with Crippen molar-refractivity contribution in [3.8, 4) is 11.6 Å². The summed E-state index contributed by atoms with van der Waals surface area (Å²) in [6.45, 7) is 0.358. The largest absolute Gasteiger partial charge is 0.436 e. The van der Waals surface area contributed by atoms with Gasteiger partial charge in [0, 0.05) is 12.6 Å². The Kier molecular flexibility index (Phi) is 3.30. The molecule has 17 heavy (non-hydrogen) atoms. The number of hydrogen-bond donors (Lipinski definition) is 1. The van der Waals surface area contributed by atoms with Crippen molar-refractivity contribution >= 4 is 0 Å². The summed E-state index contributed by atoms with van der Waals surface area (Å²) in [7, 11) is 0. The van der Waals surface area contributed by atoms with E-state index in [-0.39, 0.29) is 5.88 Å². The summed E-state index contributed by atoms with van der Waals surface area (Å²) in [5.41, 5.74) is 6.32. The minimum atomic E-state index is -0.844. The first-order chi connectivity index (χ1) is 8.19.